The third-order valence-electron chi connectivity index (χ3n) is 5.15. The van der Waals surface area contributed by atoms with Crippen molar-refractivity contribution >= 4 is 6.03 Å². The number of amides is 2. The van der Waals surface area contributed by atoms with Crippen LogP contribution in [-0.2, 0) is 13.6 Å². The van der Waals surface area contributed by atoms with Gasteiger partial charge in [0.2, 0.25) is 5.88 Å². The molecule has 0 aliphatic heterocycles. The molecule has 0 spiro atoms. The second-order valence-corrected chi connectivity index (χ2v) is 7.83. The van der Waals surface area contributed by atoms with Crippen LogP contribution in [0.5, 0.6) is 17.4 Å². The molecule has 3 aromatic rings. The molecule has 7 heteroatoms. The number of benzene rings is 2. The minimum absolute atomic E-state index is 0.00482. The van der Waals surface area contributed by atoms with Crippen LogP contribution in [-0.4, -0.2) is 40.4 Å². The van der Waals surface area contributed by atoms with Crippen molar-refractivity contribution in [3.63, 3.8) is 0 Å². The molecule has 3 rings (SSSR count). The summed E-state index contributed by atoms with van der Waals surface area (Å²) in [6.07, 6.45) is 0.877. The van der Waals surface area contributed by atoms with E-state index in [-0.39, 0.29) is 12.1 Å². The predicted molar refractivity (Wildman–Crippen MR) is 126 cm³/mol. The average Bonchev–Trinajstić information content (AvgIpc) is 3.11. The Morgan fingerprint density at radius 3 is 2.38 bits per heavy atom. The fourth-order valence-corrected chi connectivity index (χ4v) is 3.45. The number of ether oxygens (including phenoxy) is 2. The third kappa shape index (κ3) is 5.22. The monoisotopic (exact) mass is 436 g/mol. The summed E-state index contributed by atoms with van der Waals surface area (Å²) in [5.41, 5.74) is 2.59. The molecule has 0 aliphatic carbocycles. The van der Waals surface area contributed by atoms with Gasteiger partial charge < -0.3 is 19.7 Å². The van der Waals surface area contributed by atoms with Gasteiger partial charge in [0, 0.05) is 25.2 Å². The van der Waals surface area contributed by atoms with Crippen LogP contribution in [0, 0.1) is 0 Å². The molecule has 0 bridgehead atoms. The molecule has 32 heavy (non-hydrogen) atoms. The van der Waals surface area contributed by atoms with Gasteiger partial charge in [-0.1, -0.05) is 49.4 Å². The molecule has 0 fully saturated rings. The topological polar surface area (TPSA) is 68.6 Å². The lowest BCUT2D eigenvalue weighted by atomic mass is 10.1. The number of nitrogens with zero attached hydrogens (tertiary/aromatic N) is 3. The van der Waals surface area contributed by atoms with E-state index < -0.39 is 0 Å². The van der Waals surface area contributed by atoms with Gasteiger partial charge in [0.05, 0.1) is 19.2 Å². The maximum Gasteiger partial charge on any atom is 0.317 e. The van der Waals surface area contributed by atoms with Crippen molar-refractivity contribution in [1.82, 2.24) is 20.0 Å². The summed E-state index contributed by atoms with van der Waals surface area (Å²) in [7, 11) is 3.46. The van der Waals surface area contributed by atoms with Gasteiger partial charge in [-0.3, -0.25) is 0 Å². The molecule has 0 saturated carbocycles. The van der Waals surface area contributed by atoms with E-state index >= 15 is 0 Å². The summed E-state index contributed by atoms with van der Waals surface area (Å²) < 4.78 is 13.5. The van der Waals surface area contributed by atoms with Crippen molar-refractivity contribution in [2.45, 2.75) is 39.8 Å². The van der Waals surface area contributed by atoms with Crippen molar-refractivity contribution in [3.8, 4) is 28.6 Å². The number of aromatic nitrogens is 2. The largest absolute Gasteiger partial charge is 0.493 e. The summed E-state index contributed by atoms with van der Waals surface area (Å²) in [6, 6.07) is 17.3. The molecular formula is C25H32N4O3. The number of urea groups is 1. The molecule has 0 unspecified atom stereocenters. The van der Waals surface area contributed by atoms with E-state index in [9.17, 15) is 4.79 Å². The Morgan fingerprint density at radius 1 is 1.09 bits per heavy atom. The van der Waals surface area contributed by atoms with Crippen LogP contribution in [0.3, 0.4) is 0 Å². The van der Waals surface area contributed by atoms with Crippen molar-refractivity contribution in [3.05, 3.63) is 60.2 Å². The summed E-state index contributed by atoms with van der Waals surface area (Å²) in [6.45, 7) is 7.03. The van der Waals surface area contributed by atoms with Gasteiger partial charge in [0.25, 0.3) is 0 Å². The first kappa shape index (κ1) is 23.2. The Bertz CT molecular complexity index is 1030. The highest BCUT2D eigenvalue weighted by Gasteiger charge is 2.26. The second-order valence-electron chi connectivity index (χ2n) is 7.83. The highest BCUT2D eigenvalue weighted by molar-refractivity contribution is 5.75. The number of aryl methyl sites for hydroxylation is 1. The lowest BCUT2D eigenvalue weighted by Crippen LogP contribution is -2.43. The van der Waals surface area contributed by atoms with E-state index in [1.807, 2.05) is 82.4 Å². The zero-order chi connectivity index (χ0) is 23.1. The van der Waals surface area contributed by atoms with Gasteiger partial charge in [-0.05, 0) is 32.4 Å². The molecule has 7 nitrogen and oxygen atoms in total. The van der Waals surface area contributed by atoms with Gasteiger partial charge in [0.15, 0.2) is 11.5 Å². The Labute approximate surface area is 190 Å². The summed E-state index contributed by atoms with van der Waals surface area (Å²) in [5, 5.41) is 7.75. The standard InChI is InChI=1S/C25H32N4O3/c1-6-16-26-25(30)29(18(2)3)17-20-23(19-12-8-7-9-13-19)27-28(4)24(20)32-22-15-11-10-14-21(22)31-5/h7-15,18H,6,16-17H2,1-5H3,(H,26,30). The van der Waals surface area contributed by atoms with Gasteiger partial charge in [0.1, 0.15) is 5.69 Å². The molecule has 2 aromatic carbocycles. The lowest BCUT2D eigenvalue weighted by molar-refractivity contribution is 0.179. The average molecular weight is 437 g/mol. The van der Waals surface area contributed by atoms with Crippen LogP contribution in [0.15, 0.2) is 54.6 Å². The number of carbonyl (C=O) groups is 1. The summed E-state index contributed by atoms with van der Waals surface area (Å²) in [5.74, 6) is 1.79. The zero-order valence-electron chi connectivity index (χ0n) is 19.5. The molecule has 1 heterocycles. The molecule has 1 N–H and O–H groups in total. The van der Waals surface area contributed by atoms with Crippen LogP contribution in [0.1, 0.15) is 32.8 Å². The van der Waals surface area contributed by atoms with Gasteiger partial charge >= 0.3 is 6.03 Å². The highest BCUT2D eigenvalue weighted by Crippen LogP contribution is 2.37. The predicted octanol–water partition coefficient (Wildman–Crippen LogP) is 5.22. The molecule has 170 valence electrons. The van der Waals surface area contributed by atoms with E-state index in [1.54, 1.807) is 16.7 Å². The first-order valence-electron chi connectivity index (χ1n) is 10.9. The SMILES string of the molecule is CCCNC(=O)N(Cc1c(-c2ccccc2)nn(C)c1Oc1ccccc1OC)C(C)C. The number of hydrogen-bond donors (Lipinski definition) is 1. The van der Waals surface area contributed by atoms with E-state index in [0.29, 0.717) is 30.5 Å². The highest BCUT2D eigenvalue weighted by atomic mass is 16.5. The molecule has 1 aromatic heterocycles. The minimum atomic E-state index is -0.104. The Balaban J connectivity index is 2.07. The molecule has 2 amide bonds. The first-order valence-corrected chi connectivity index (χ1v) is 10.9. The molecule has 0 atom stereocenters. The lowest BCUT2D eigenvalue weighted by Gasteiger charge is -2.27. The van der Waals surface area contributed by atoms with E-state index in [0.717, 1.165) is 23.2 Å². The maximum absolute atomic E-state index is 12.9. The van der Waals surface area contributed by atoms with Crippen molar-refractivity contribution < 1.29 is 14.3 Å². The Hall–Kier alpha value is -3.48. The smallest absolute Gasteiger partial charge is 0.317 e. The van der Waals surface area contributed by atoms with Crippen molar-refractivity contribution in [1.29, 1.82) is 0 Å². The number of rotatable bonds is 9. The number of hydrogen-bond acceptors (Lipinski definition) is 4. The molecule has 0 saturated heterocycles. The normalized spacial score (nSPS) is 10.8. The molecule has 0 radical (unpaired) electrons. The maximum atomic E-state index is 12.9. The van der Waals surface area contributed by atoms with Crippen LogP contribution in [0.4, 0.5) is 4.79 Å². The van der Waals surface area contributed by atoms with Gasteiger partial charge in [-0.15, -0.1) is 0 Å². The van der Waals surface area contributed by atoms with E-state index in [1.165, 1.54) is 0 Å². The van der Waals surface area contributed by atoms with Crippen LogP contribution in [0.25, 0.3) is 11.3 Å². The number of nitrogens with one attached hydrogen (secondary N) is 1. The molecular weight excluding hydrogens is 404 g/mol. The van der Waals surface area contributed by atoms with E-state index in [4.69, 9.17) is 14.6 Å². The minimum Gasteiger partial charge on any atom is -0.493 e. The van der Waals surface area contributed by atoms with Crippen LogP contribution >= 0.6 is 0 Å². The van der Waals surface area contributed by atoms with Gasteiger partial charge in [-0.2, -0.15) is 5.10 Å². The van der Waals surface area contributed by atoms with Crippen LogP contribution < -0.4 is 14.8 Å². The number of methoxy groups -OCH3 is 1. The summed E-state index contributed by atoms with van der Waals surface area (Å²) >= 11 is 0. The van der Waals surface area contributed by atoms with Crippen molar-refractivity contribution in [2.75, 3.05) is 13.7 Å². The number of para-hydroxylation sites is 2. The number of carbonyl (C=O) groups excluding carboxylic acids is 1. The van der Waals surface area contributed by atoms with Gasteiger partial charge in [-0.25, -0.2) is 9.48 Å². The van der Waals surface area contributed by atoms with Crippen molar-refractivity contribution in [2.24, 2.45) is 7.05 Å². The fourth-order valence-electron chi connectivity index (χ4n) is 3.45. The quantitative estimate of drug-likeness (QED) is 0.499. The summed E-state index contributed by atoms with van der Waals surface area (Å²) in [4.78, 5) is 14.7. The van der Waals surface area contributed by atoms with Crippen LogP contribution in [0.2, 0.25) is 0 Å². The molecule has 0 aliphatic rings. The Morgan fingerprint density at radius 2 is 1.75 bits per heavy atom. The third-order valence-corrected chi connectivity index (χ3v) is 5.15. The fraction of sp³-hybridized carbons (Fsp3) is 0.360. The first-order chi connectivity index (χ1) is 15.5. The van der Waals surface area contributed by atoms with E-state index in [2.05, 4.69) is 5.32 Å². The second kappa shape index (κ2) is 10.7. The Kier molecular flexibility index (Phi) is 7.76. The zero-order valence-corrected chi connectivity index (χ0v) is 19.5.